The Hall–Kier alpha value is -2.87. The van der Waals surface area contributed by atoms with Gasteiger partial charge in [-0.15, -0.1) is 0 Å². The van der Waals surface area contributed by atoms with Crippen LogP contribution in [0.4, 0.5) is 16.2 Å². The van der Waals surface area contributed by atoms with Crippen molar-refractivity contribution in [1.29, 1.82) is 0 Å². The highest BCUT2D eigenvalue weighted by Gasteiger charge is 2.33. The minimum Gasteiger partial charge on any atom is -0.465 e. The van der Waals surface area contributed by atoms with Gasteiger partial charge in [-0.3, -0.25) is 14.4 Å². The predicted molar refractivity (Wildman–Crippen MR) is 107 cm³/mol. The Bertz CT molecular complexity index is 903. The highest BCUT2D eigenvalue weighted by molar-refractivity contribution is 6.02. The molecule has 2 atom stereocenters. The van der Waals surface area contributed by atoms with Crippen molar-refractivity contribution in [3.05, 3.63) is 30.6 Å². The van der Waals surface area contributed by atoms with Gasteiger partial charge >= 0.3 is 6.09 Å². The van der Waals surface area contributed by atoms with Gasteiger partial charge in [0.15, 0.2) is 0 Å². The predicted octanol–water partition coefficient (Wildman–Crippen LogP) is 2.40. The van der Waals surface area contributed by atoms with Crippen molar-refractivity contribution >= 4 is 23.4 Å². The van der Waals surface area contributed by atoms with Crippen LogP contribution in [0.2, 0.25) is 0 Å². The summed E-state index contributed by atoms with van der Waals surface area (Å²) in [5, 5.41) is 17.5. The van der Waals surface area contributed by atoms with E-state index in [1.165, 1.54) is 11.8 Å². The molecule has 0 bridgehead atoms. The van der Waals surface area contributed by atoms with E-state index in [-0.39, 0.29) is 18.5 Å². The smallest absolute Gasteiger partial charge is 0.411 e. The van der Waals surface area contributed by atoms with Crippen LogP contribution in [0.25, 0.3) is 11.1 Å². The molecule has 8 nitrogen and oxygen atoms in total. The lowest BCUT2D eigenvalue weighted by Gasteiger charge is -2.39. The molecule has 1 fully saturated rings. The molecule has 1 aromatic carbocycles. The van der Waals surface area contributed by atoms with Crippen molar-refractivity contribution in [2.75, 3.05) is 29.4 Å². The van der Waals surface area contributed by atoms with Crippen LogP contribution >= 0.6 is 0 Å². The van der Waals surface area contributed by atoms with Gasteiger partial charge in [0.25, 0.3) is 0 Å². The van der Waals surface area contributed by atoms with Crippen LogP contribution in [0, 0.1) is 5.92 Å². The molecule has 0 spiro atoms. The van der Waals surface area contributed by atoms with Crippen LogP contribution in [0.3, 0.4) is 0 Å². The van der Waals surface area contributed by atoms with Crippen LogP contribution in [-0.2, 0) is 11.3 Å². The number of rotatable bonds is 3. The topological polar surface area (TPSA) is 90.7 Å². The number of hydrogen-bond acceptors (Lipinski definition) is 4. The van der Waals surface area contributed by atoms with Gasteiger partial charge in [0.2, 0.25) is 5.91 Å². The third kappa shape index (κ3) is 3.35. The molecule has 2 aromatic rings. The van der Waals surface area contributed by atoms with Crippen LogP contribution in [-0.4, -0.2) is 52.6 Å². The van der Waals surface area contributed by atoms with Crippen molar-refractivity contribution < 1.29 is 14.7 Å². The summed E-state index contributed by atoms with van der Waals surface area (Å²) in [6.07, 6.45) is 3.95. The van der Waals surface area contributed by atoms with Crippen molar-refractivity contribution in [2.45, 2.75) is 32.9 Å². The van der Waals surface area contributed by atoms with E-state index in [0.29, 0.717) is 17.3 Å². The Morgan fingerprint density at radius 1 is 1.29 bits per heavy atom. The number of aromatic nitrogens is 2. The number of benzene rings is 1. The number of amides is 2. The second kappa shape index (κ2) is 7.27. The first-order valence-electron chi connectivity index (χ1n) is 9.62. The van der Waals surface area contributed by atoms with E-state index in [2.05, 4.69) is 10.4 Å². The van der Waals surface area contributed by atoms with E-state index in [9.17, 15) is 14.7 Å². The van der Waals surface area contributed by atoms with Crippen molar-refractivity contribution in [1.82, 2.24) is 15.1 Å². The summed E-state index contributed by atoms with van der Waals surface area (Å²) in [6.45, 7) is 6.55. The van der Waals surface area contributed by atoms with E-state index in [4.69, 9.17) is 0 Å². The zero-order valence-electron chi connectivity index (χ0n) is 16.1. The summed E-state index contributed by atoms with van der Waals surface area (Å²) >= 11 is 0. The minimum absolute atomic E-state index is 0.0930. The standard InChI is InChI=1S/C20H25N5O3/c1-13-10-24(20(27)28)19-7-16(3-4-18(19)25(13)14(2)26)17-9-22-23(12-17)11-15-5-6-21-8-15/h3-4,7,9,12-13,15,21H,5-6,8,10-11H2,1-2H3,(H,27,28)/t13-,15+/m0/s1. The Labute approximate surface area is 163 Å². The van der Waals surface area contributed by atoms with E-state index in [1.807, 2.05) is 42.2 Å². The van der Waals surface area contributed by atoms with Crippen molar-refractivity contribution in [3.63, 3.8) is 0 Å². The van der Waals surface area contributed by atoms with Crippen LogP contribution < -0.4 is 15.1 Å². The number of hydrogen-bond donors (Lipinski definition) is 2. The van der Waals surface area contributed by atoms with Crippen molar-refractivity contribution in [2.24, 2.45) is 5.92 Å². The fraction of sp³-hybridized carbons (Fsp3) is 0.450. The van der Waals surface area contributed by atoms with E-state index >= 15 is 0 Å². The lowest BCUT2D eigenvalue weighted by atomic mass is 10.0. The number of carbonyl (C=O) groups is 2. The molecule has 1 saturated heterocycles. The molecule has 2 amide bonds. The summed E-state index contributed by atoms with van der Waals surface area (Å²) in [5.74, 6) is 0.494. The number of carboxylic acid groups (broad SMARTS) is 1. The maximum Gasteiger partial charge on any atom is 0.411 e. The Balaban J connectivity index is 1.67. The number of anilines is 2. The number of carbonyl (C=O) groups excluding carboxylic acids is 1. The molecule has 8 heteroatoms. The minimum atomic E-state index is -1.02. The Kier molecular flexibility index (Phi) is 4.80. The largest absolute Gasteiger partial charge is 0.465 e. The third-order valence-corrected chi connectivity index (χ3v) is 5.56. The van der Waals surface area contributed by atoms with Crippen LogP contribution in [0.5, 0.6) is 0 Å². The molecule has 0 aliphatic carbocycles. The zero-order valence-corrected chi connectivity index (χ0v) is 16.1. The molecule has 0 radical (unpaired) electrons. The SMILES string of the molecule is CC(=O)N1c2ccc(-c3cnn(C[C@@H]4CCNC4)c3)cc2N(C(=O)O)C[C@@H]1C. The molecular weight excluding hydrogens is 358 g/mol. The molecule has 2 aliphatic rings. The molecule has 148 valence electrons. The molecule has 0 unspecified atom stereocenters. The maximum absolute atomic E-state index is 12.1. The van der Waals surface area contributed by atoms with E-state index in [0.717, 1.165) is 37.2 Å². The van der Waals surface area contributed by atoms with E-state index in [1.54, 1.807) is 4.90 Å². The average Bonchev–Trinajstić information content (AvgIpc) is 3.32. The van der Waals surface area contributed by atoms with Gasteiger partial charge in [-0.05, 0) is 50.0 Å². The van der Waals surface area contributed by atoms with Gasteiger partial charge in [0.1, 0.15) is 0 Å². The maximum atomic E-state index is 12.1. The van der Waals surface area contributed by atoms with Gasteiger partial charge < -0.3 is 15.3 Å². The second-order valence-electron chi connectivity index (χ2n) is 7.64. The highest BCUT2D eigenvalue weighted by atomic mass is 16.4. The summed E-state index contributed by atoms with van der Waals surface area (Å²) in [7, 11) is 0. The van der Waals surface area contributed by atoms with Gasteiger partial charge in [-0.2, -0.15) is 5.10 Å². The van der Waals surface area contributed by atoms with Crippen LogP contribution in [0.1, 0.15) is 20.3 Å². The highest BCUT2D eigenvalue weighted by Crippen LogP contribution is 2.38. The summed E-state index contributed by atoms with van der Waals surface area (Å²) in [5.41, 5.74) is 2.99. The number of nitrogens with zero attached hydrogens (tertiary/aromatic N) is 4. The van der Waals surface area contributed by atoms with Crippen LogP contribution in [0.15, 0.2) is 30.6 Å². The first-order chi connectivity index (χ1) is 13.4. The van der Waals surface area contributed by atoms with Gasteiger partial charge in [0, 0.05) is 31.8 Å². The van der Waals surface area contributed by atoms with Crippen molar-refractivity contribution in [3.8, 4) is 11.1 Å². The molecule has 4 rings (SSSR count). The molecule has 28 heavy (non-hydrogen) atoms. The summed E-state index contributed by atoms with van der Waals surface area (Å²) < 4.78 is 1.95. The quantitative estimate of drug-likeness (QED) is 0.849. The summed E-state index contributed by atoms with van der Waals surface area (Å²) in [4.78, 5) is 26.9. The lowest BCUT2D eigenvalue weighted by molar-refractivity contribution is -0.117. The lowest BCUT2D eigenvalue weighted by Crippen LogP contribution is -2.51. The monoisotopic (exact) mass is 383 g/mol. The Morgan fingerprint density at radius 2 is 2.11 bits per heavy atom. The fourth-order valence-electron chi connectivity index (χ4n) is 4.21. The third-order valence-electron chi connectivity index (χ3n) is 5.56. The molecule has 2 N–H and O–H groups in total. The zero-order chi connectivity index (χ0) is 19.8. The van der Waals surface area contributed by atoms with Gasteiger partial charge in [-0.1, -0.05) is 6.07 Å². The summed E-state index contributed by atoms with van der Waals surface area (Å²) in [6, 6.07) is 5.38. The average molecular weight is 383 g/mol. The fourth-order valence-corrected chi connectivity index (χ4v) is 4.21. The second-order valence-corrected chi connectivity index (χ2v) is 7.64. The molecule has 2 aliphatic heterocycles. The normalized spacial score (nSPS) is 21.6. The van der Waals surface area contributed by atoms with Gasteiger partial charge in [-0.25, -0.2) is 4.79 Å². The van der Waals surface area contributed by atoms with E-state index < -0.39 is 6.09 Å². The molecule has 0 saturated carbocycles. The molecular formula is C20H25N5O3. The molecule has 3 heterocycles. The first kappa shape index (κ1) is 18.5. The Morgan fingerprint density at radius 3 is 2.79 bits per heavy atom. The molecule has 1 aromatic heterocycles. The number of fused-ring (bicyclic) bond motifs is 1. The van der Waals surface area contributed by atoms with Gasteiger partial charge in [0.05, 0.1) is 23.6 Å². The number of nitrogens with one attached hydrogen (secondary N) is 1. The first-order valence-corrected chi connectivity index (χ1v) is 9.62.